The van der Waals surface area contributed by atoms with Crippen molar-refractivity contribution in [2.24, 2.45) is 0 Å². The van der Waals surface area contributed by atoms with Crippen molar-refractivity contribution >= 4 is 6.03 Å². The molecule has 1 unspecified atom stereocenters. The monoisotopic (exact) mass is 289 g/mol. The highest BCUT2D eigenvalue weighted by Crippen LogP contribution is 2.09. The number of piperidine rings is 1. The third-order valence-corrected chi connectivity index (χ3v) is 3.92. The first-order valence-corrected chi connectivity index (χ1v) is 8.09. The van der Waals surface area contributed by atoms with E-state index < -0.39 is 0 Å². The molecule has 1 atom stereocenters. The van der Waals surface area contributed by atoms with Gasteiger partial charge in [0, 0.05) is 25.7 Å². The Balaban J connectivity index is 1.82. The van der Waals surface area contributed by atoms with E-state index >= 15 is 0 Å². The molecule has 1 aliphatic heterocycles. The molecule has 1 saturated heterocycles. The largest absolute Gasteiger partial charge is 0.334 e. The van der Waals surface area contributed by atoms with Gasteiger partial charge in [0.25, 0.3) is 0 Å². The van der Waals surface area contributed by atoms with E-state index in [1.165, 1.54) is 19.3 Å². The Morgan fingerprint density at radius 3 is 2.81 bits per heavy atom. The lowest BCUT2D eigenvalue weighted by molar-refractivity contribution is 0.186. The lowest BCUT2D eigenvalue weighted by Crippen LogP contribution is -2.49. The van der Waals surface area contributed by atoms with Crippen LogP contribution < -0.4 is 10.6 Å². The lowest BCUT2D eigenvalue weighted by Gasteiger charge is -2.30. The van der Waals surface area contributed by atoms with Gasteiger partial charge in [-0.05, 0) is 31.4 Å². The zero-order valence-electron chi connectivity index (χ0n) is 13.0. The highest BCUT2D eigenvalue weighted by atomic mass is 16.2. The van der Waals surface area contributed by atoms with Crippen LogP contribution in [-0.2, 0) is 6.54 Å². The number of rotatable bonds is 6. The van der Waals surface area contributed by atoms with Crippen LogP contribution in [0.4, 0.5) is 4.79 Å². The SMILES string of the molecule is CCCN(CC1CCCCN1)C(=O)NCc1ccccc1. The molecule has 2 rings (SSSR count). The number of nitrogens with zero attached hydrogens (tertiary/aromatic N) is 1. The van der Waals surface area contributed by atoms with Gasteiger partial charge in [-0.25, -0.2) is 4.79 Å². The number of carbonyl (C=O) groups is 1. The molecule has 0 saturated carbocycles. The molecule has 1 fully saturated rings. The number of urea groups is 1. The van der Waals surface area contributed by atoms with Gasteiger partial charge in [-0.1, -0.05) is 43.7 Å². The topological polar surface area (TPSA) is 44.4 Å². The van der Waals surface area contributed by atoms with Crippen molar-refractivity contribution in [3.63, 3.8) is 0 Å². The van der Waals surface area contributed by atoms with Gasteiger partial charge < -0.3 is 15.5 Å². The van der Waals surface area contributed by atoms with Gasteiger partial charge in [0.15, 0.2) is 0 Å². The predicted molar refractivity (Wildman–Crippen MR) is 86.2 cm³/mol. The zero-order valence-corrected chi connectivity index (χ0v) is 13.0. The fourth-order valence-corrected chi connectivity index (χ4v) is 2.78. The van der Waals surface area contributed by atoms with Crippen LogP contribution in [0.1, 0.15) is 38.2 Å². The summed E-state index contributed by atoms with van der Waals surface area (Å²) in [6, 6.07) is 10.6. The van der Waals surface area contributed by atoms with E-state index in [1.807, 2.05) is 35.2 Å². The molecule has 0 spiro atoms. The molecule has 1 aromatic rings. The van der Waals surface area contributed by atoms with Gasteiger partial charge in [-0.2, -0.15) is 0 Å². The summed E-state index contributed by atoms with van der Waals surface area (Å²) in [6.07, 6.45) is 4.69. The highest BCUT2D eigenvalue weighted by Gasteiger charge is 2.19. The van der Waals surface area contributed by atoms with Crippen LogP contribution in [0.5, 0.6) is 0 Å². The second kappa shape index (κ2) is 8.67. The van der Waals surface area contributed by atoms with Gasteiger partial charge in [-0.15, -0.1) is 0 Å². The first-order chi connectivity index (χ1) is 10.3. The summed E-state index contributed by atoms with van der Waals surface area (Å²) >= 11 is 0. The molecular formula is C17H27N3O. The van der Waals surface area contributed by atoms with Gasteiger partial charge in [0.1, 0.15) is 0 Å². The van der Waals surface area contributed by atoms with Crippen molar-refractivity contribution in [2.45, 2.75) is 45.2 Å². The quantitative estimate of drug-likeness (QED) is 0.846. The van der Waals surface area contributed by atoms with Crippen molar-refractivity contribution in [1.29, 1.82) is 0 Å². The average molecular weight is 289 g/mol. The van der Waals surface area contributed by atoms with E-state index in [4.69, 9.17) is 0 Å². The molecule has 0 aliphatic carbocycles. The Hall–Kier alpha value is -1.55. The molecule has 0 aromatic heterocycles. The minimum atomic E-state index is 0.0491. The van der Waals surface area contributed by atoms with Gasteiger partial charge >= 0.3 is 6.03 Å². The van der Waals surface area contributed by atoms with Gasteiger partial charge in [0.2, 0.25) is 0 Å². The van der Waals surface area contributed by atoms with E-state index in [1.54, 1.807) is 0 Å². The Labute approximate surface area is 127 Å². The number of hydrogen-bond acceptors (Lipinski definition) is 2. The Kier molecular flexibility index (Phi) is 6.54. The first-order valence-electron chi connectivity index (χ1n) is 8.09. The van der Waals surface area contributed by atoms with Crippen molar-refractivity contribution in [3.05, 3.63) is 35.9 Å². The van der Waals surface area contributed by atoms with Gasteiger partial charge in [-0.3, -0.25) is 0 Å². The minimum Gasteiger partial charge on any atom is -0.334 e. The standard InChI is InChI=1S/C17H27N3O/c1-2-12-20(14-16-10-6-7-11-18-16)17(21)19-13-15-8-4-3-5-9-15/h3-5,8-9,16,18H,2,6-7,10-14H2,1H3,(H,19,21). The van der Waals surface area contributed by atoms with Crippen LogP contribution in [0, 0.1) is 0 Å². The summed E-state index contributed by atoms with van der Waals surface area (Å²) in [5.41, 5.74) is 1.14. The molecule has 21 heavy (non-hydrogen) atoms. The summed E-state index contributed by atoms with van der Waals surface area (Å²) in [6.45, 7) is 5.42. The van der Waals surface area contributed by atoms with Crippen LogP contribution in [0.2, 0.25) is 0 Å². The smallest absolute Gasteiger partial charge is 0.317 e. The molecule has 0 bridgehead atoms. The van der Waals surface area contributed by atoms with Crippen molar-refractivity contribution in [3.8, 4) is 0 Å². The van der Waals surface area contributed by atoms with Gasteiger partial charge in [0.05, 0.1) is 0 Å². The molecule has 2 amide bonds. The Bertz CT molecular complexity index is 415. The number of carbonyl (C=O) groups excluding carboxylic acids is 1. The summed E-state index contributed by atoms with van der Waals surface area (Å²) < 4.78 is 0. The first kappa shape index (κ1) is 15.8. The van der Waals surface area contributed by atoms with Crippen LogP contribution in [0.15, 0.2) is 30.3 Å². The van der Waals surface area contributed by atoms with E-state index in [0.29, 0.717) is 12.6 Å². The molecule has 1 aliphatic rings. The normalized spacial score (nSPS) is 18.2. The van der Waals surface area contributed by atoms with Crippen LogP contribution in [0.25, 0.3) is 0 Å². The molecule has 1 heterocycles. The molecule has 1 aromatic carbocycles. The second-order valence-electron chi connectivity index (χ2n) is 5.74. The summed E-state index contributed by atoms with van der Waals surface area (Å²) in [7, 11) is 0. The van der Waals surface area contributed by atoms with Crippen molar-refractivity contribution in [1.82, 2.24) is 15.5 Å². The molecule has 116 valence electrons. The Morgan fingerprint density at radius 2 is 2.14 bits per heavy atom. The Morgan fingerprint density at radius 1 is 1.33 bits per heavy atom. The summed E-state index contributed by atoms with van der Waals surface area (Å²) in [4.78, 5) is 14.3. The summed E-state index contributed by atoms with van der Waals surface area (Å²) in [5.74, 6) is 0. The third-order valence-electron chi connectivity index (χ3n) is 3.92. The molecule has 0 radical (unpaired) electrons. The van der Waals surface area contributed by atoms with Crippen LogP contribution >= 0.6 is 0 Å². The number of hydrogen-bond donors (Lipinski definition) is 2. The third kappa shape index (κ3) is 5.38. The minimum absolute atomic E-state index is 0.0491. The second-order valence-corrected chi connectivity index (χ2v) is 5.74. The fourth-order valence-electron chi connectivity index (χ4n) is 2.78. The number of amides is 2. The van der Waals surface area contributed by atoms with Crippen molar-refractivity contribution < 1.29 is 4.79 Å². The molecule has 4 nitrogen and oxygen atoms in total. The number of nitrogens with one attached hydrogen (secondary N) is 2. The average Bonchev–Trinajstić information content (AvgIpc) is 2.54. The van der Waals surface area contributed by atoms with E-state index in [-0.39, 0.29) is 6.03 Å². The number of benzene rings is 1. The highest BCUT2D eigenvalue weighted by molar-refractivity contribution is 5.74. The molecule has 2 N–H and O–H groups in total. The zero-order chi connectivity index (χ0) is 14.9. The fraction of sp³-hybridized carbons (Fsp3) is 0.588. The summed E-state index contributed by atoms with van der Waals surface area (Å²) in [5, 5.41) is 6.55. The van der Waals surface area contributed by atoms with Crippen molar-refractivity contribution in [2.75, 3.05) is 19.6 Å². The van der Waals surface area contributed by atoms with Crippen LogP contribution in [0.3, 0.4) is 0 Å². The maximum Gasteiger partial charge on any atom is 0.317 e. The maximum absolute atomic E-state index is 12.4. The predicted octanol–water partition coefficient (Wildman–Crippen LogP) is 2.75. The van der Waals surface area contributed by atoms with E-state index in [2.05, 4.69) is 17.6 Å². The molecule has 4 heteroatoms. The van der Waals surface area contributed by atoms with E-state index in [0.717, 1.165) is 31.6 Å². The maximum atomic E-state index is 12.4. The van der Waals surface area contributed by atoms with Crippen LogP contribution in [-0.4, -0.2) is 36.6 Å². The lowest BCUT2D eigenvalue weighted by atomic mass is 10.0. The molecular weight excluding hydrogens is 262 g/mol. The van der Waals surface area contributed by atoms with E-state index in [9.17, 15) is 4.79 Å².